The van der Waals surface area contributed by atoms with Crippen molar-refractivity contribution in [1.29, 1.82) is 0 Å². The highest BCUT2D eigenvalue weighted by molar-refractivity contribution is 5.71. The summed E-state index contributed by atoms with van der Waals surface area (Å²) in [5.41, 5.74) is 2.53. The van der Waals surface area contributed by atoms with E-state index in [9.17, 15) is 14.3 Å². The molecule has 0 saturated heterocycles. The lowest BCUT2D eigenvalue weighted by Crippen LogP contribution is -2.36. The molecule has 0 fully saturated rings. The first-order valence-electron chi connectivity index (χ1n) is 6.48. The number of benzene rings is 2. The van der Waals surface area contributed by atoms with E-state index in [4.69, 9.17) is 0 Å². The first-order chi connectivity index (χ1) is 9.69. The van der Waals surface area contributed by atoms with E-state index in [2.05, 4.69) is 0 Å². The van der Waals surface area contributed by atoms with Crippen LogP contribution in [0.3, 0.4) is 0 Å². The summed E-state index contributed by atoms with van der Waals surface area (Å²) in [5.74, 6) is -0.115. The van der Waals surface area contributed by atoms with Crippen LogP contribution in [-0.2, 0) is 11.2 Å². The van der Waals surface area contributed by atoms with Crippen LogP contribution in [0.4, 0.5) is 10.1 Å². The second-order valence-electron chi connectivity index (χ2n) is 4.89. The standard InChI is InChI=1S/C16H14FNO2/c17-12-2-1-3-13(9-12)18-7-6-11-8-14(20)4-5-15(11)16(18)10-19/h1-5,8-10,16,20H,6-7H2. The minimum atomic E-state index is -0.443. The third-order valence-electron chi connectivity index (χ3n) is 3.67. The Balaban J connectivity index is 2.03. The summed E-state index contributed by atoms with van der Waals surface area (Å²) in [6.45, 7) is 0.614. The highest BCUT2D eigenvalue weighted by Crippen LogP contribution is 2.34. The molecule has 0 radical (unpaired) electrons. The first kappa shape index (κ1) is 12.7. The second kappa shape index (κ2) is 4.96. The van der Waals surface area contributed by atoms with Gasteiger partial charge in [0, 0.05) is 12.2 Å². The van der Waals surface area contributed by atoms with Gasteiger partial charge in [-0.2, -0.15) is 0 Å². The Labute approximate surface area is 116 Å². The summed E-state index contributed by atoms with van der Waals surface area (Å²) in [6, 6.07) is 10.8. The molecule has 1 unspecified atom stereocenters. The molecule has 0 saturated carbocycles. The Hall–Kier alpha value is -2.36. The van der Waals surface area contributed by atoms with Crippen LogP contribution < -0.4 is 4.90 Å². The van der Waals surface area contributed by atoms with Crippen LogP contribution in [0.25, 0.3) is 0 Å². The second-order valence-corrected chi connectivity index (χ2v) is 4.89. The maximum absolute atomic E-state index is 13.4. The molecule has 0 aliphatic carbocycles. The van der Waals surface area contributed by atoms with E-state index in [-0.39, 0.29) is 11.6 Å². The summed E-state index contributed by atoms with van der Waals surface area (Å²) in [6.07, 6.45) is 1.57. The fraction of sp³-hybridized carbons (Fsp3) is 0.188. The maximum Gasteiger partial charge on any atom is 0.146 e. The fourth-order valence-electron chi connectivity index (χ4n) is 2.74. The van der Waals surface area contributed by atoms with Gasteiger partial charge in [-0.05, 0) is 47.9 Å². The molecule has 1 atom stereocenters. The van der Waals surface area contributed by atoms with Crippen molar-refractivity contribution in [1.82, 2.24) is 0 Å². The molecule has 20 heavy (non-hydrogen) atoms. The van der Waals surface area contributed by atoms with Crippen molar-refractivity contribution in [2.45, 2.75) is 12.5 Å². The molecule has 0 aromatic heterocycles. The third kappa shape index (κ3) is 2.13. The van der Waals surface area contributed by atoms with Crippen molar-refractivity contribution in [2.24, 2.45) is 0 Å². The quantitative estimate of drug-likeness (QED) is 0.854. The van der Waals surface area contributed by atoms with E-state index in [0.29, 0.717) is 18.7 Å². The van der Waals surface area contributed by atoms with Crippen molar-refractivity contribution < 1.29 is 14.3 Å². The SMILES string of the molecule is O=CC1c2ccc(O)cc2CCN1c1cccc(F)c1. The van der Waals surface area contributed by atoms with Crippen LogP contribution in [0.2, 0.25) is 0 Å². The van der Waals surface area contributed by atoms with Crippen LogP contribution in [-0.4, -0.2) is 17.9 Å². The van der Waals surface area contributed by atoms with Crippen LogP contribution >= 0.6 is 0 Å². The van der Waals surface area contributed by atoms with E-state index in [1.54, 1.807) is 30.3 Å². The lowest BCUT2D eigenvalue weighted by atomic mass is 9.92. The van der Waals surface area contributed by atoms with Crippen LogP contribution in [0.15, 0.2) is 42.5 Å². The Morgan fingerprint density at radius 2 is 2.10 bits per heavy atom. The molecule has 2 aromatic carbocycles. The van der Waals surface area contributed by atoms with Gasteiger partial charge < -0.3 is 14.8 Å². The van der Waals surface area contributed by atoms with Gasteiger partial charge in [0.25, 0.3) is 0 Å². The molecule has 4 heteroatoms. The number of nitrogens with zero attached hydrogens (tertiary/aromatic N) is 1. The van der Waals surface area contributed by atoms with E-state index in [1.165, 1.54) is 12.1 Å². The van der Waals surface area contributed by atoms with Gasteiger partial charge in [0.2, 0.25) is 0 Å². The molecule has 0 amide bonds. The van der Waals surface area contributed by atoms with Crippen molar-refractivity contribution >= 4 is 12.0 Å². The van der Waals surface area contributed by atoms with Gasteiger partial charge in [-0.25, -0.2) is 4.39 Å². The van der Waals surface area contributed by atoms with Crippen molar-refractivity contribution in [2.75, 3.05) is 11.4 Å². The normalized spacial score (nSPS) is 17.6. The van der Waals surface area contributed by atoms with Gasteiger partial charge in [0.05, 0.1) is 0 Å². The van der Waals surface area contributed by atoms with Crippen LogP contribution in [0.5, 0.6) is 5.75 Å². The van der Waals surface area contributed by atoms with Crippen molar-refractivity contribution in [3.05, 3.63) is 59.4 Å². The summed E-state index contributed by atoms with van der Waals surface area (Å²) in [5, 5.41) is 9.51. The van der Waals surface area contributed by atoms with Gasteiger partial charge in [-0.1, -0.05) is 12.1 Å². The molecule has 0 spiro atoms. The van der Waals surface area contributed by atoms with Crippen LogP contribution in [0.1, 0.15) is 17.2 Å². The summed E-state index contributed by atoms with van der Waals surface area (Å²) in [4.78, 5) is 13.4. The van der Waals surface area contributed by atoms with Crippen LogP contribution in [0, 0.1) is 5.82 Å². The average Bonchev–Trinajstić information content (AvgIpc) is 2.45. The zero-order chi connectivity index (χ0) is 14.1. The molecule has 102 valence electrons. The number of aromatic hydroxyl groups is 1. The topological polar surface area (TPSA) is 40.5 Å². The number of rotatable bonds is 2. The monoisotopic (exact) mass is 271 g/mol. The summed E-state index contributed by atoms with van der Waals surface area (Å²) < 4.78 is 13.4. The highest BCUT2D eigenvalue weighted by Gasteiger charge is 2.27. The van der Waals surface area contributed by atoms with Crippen molar-refractivity contribution in [3.63, 3.8) is 0 Å². The number of fused-ring (bicyclic) bond motifs is 1. The minimum Gasteiger partial charge on any atom is -0.508 e. The average molecular weight is 271 g/mol. The number of halogens is 1. The number of aldehydes is 1. The highest BCUT2D eigenvalue weighted by atomic mass is 19.1. The van der Waals surface area contributed by atoms with Gasteiger partial charge >= 0.3 is 0 Å². The Morgan fingerprint density at radius 3 is 2.85 bits per heavy atom. The third-order valence-corrected chi connectivity index (χ3v) is 3.67. The molecule has 3 nitrogen and oxygen atoms in total. The Morgan fingerprint density at radius 1 is 1.25 bits per heavy atom. The lowest BCUT2D eigenvalue weighted by Gasteiger charge is -2.36. The van der Waals surface area contributed by atoms with E-state index in [0.717, 1.165) is 17.4 Å². The summed E-state index contributed by atoms with van der Waals surface area (Å²) >= 11 is 0. The predicted molar refractivity (Wildman–Crippen MR) is 74.4 cm³/mol. The van der Waals surface area contributed by atoms with Gasteiger partial charge in [0.1, 0.15) is 23.9 Å². The van der Waals surface area contributed by atoms with E-state index < -0.39 is 6.04 Å². The summed E-state index contributed by atoms with van der Waals surface area (Å²) in [7, 11) is 0. The molecule has 1 aliphatic rings. The molecule has 1 N–H and O–H groups in total. The number of carbonyl (C=O) groups excluding carboxylic acids is 1. The van der Waals surface area contributed by atoms with Gasteiger partial charge in [0.15, 0.2) is 0 Å². The van der Waals surface area contributed by atoms with E-state index in [1.807, 2.05) is 4.90 Å². The molecular formula is C16H14FNO2. The maximum atomic E-state index is 13.4. The van der Waals surface area contributed by atoms with Gasteiger partial charge in [-0.15, -0.1) is 0 Å². The first-order valence-corrected chi connectivity index (χ1v) is 6.48. The lowest BCUT2D eigenvalue weighted by molar-refractivity contribution is -0.109. The smallest absolute Gasteiger partial charge is 0.146 e. The number of phenolic OH excluding ortho intramolecular Hbond substituents is 1. The molecule has 1 heterocycles. The van der Waals surface area contributed by atoms with E-state index >= 15 is 0 Å². The number of phenols is 1. The minimum absolute atomic E-state index is 0.201. The predicted octanol–water partition coefficient (Wildman–Crippen LogP) is 2.83. The van der Waals surface area contributed by atoms with Crippen molar-refractivity contribution in [3.8, 4) is 5.75 Å². The Kier molecular flexibility index (Phi) is 3.14. The molecule has 3 rings (SSSR count). The molecular weight excluding hydrogens is 257 g/mol. The largest absolute Gasteiger partial charge is 0.508 e. The number of hydrogen-bond acceptors (Lipinski definition) is 3. The zero-order valence-electron chi connectivity index (χ0n) is 10.8. The Bertz CT molecular complexity index is 657. The van der Waals surface area contributed by atoms with Gasteiger partial charge in [-0.3, -0.25) is 0 Å². The molecule has 1 aliphatic heterocycles. The number of hydrogen-bond donors (Lipinski definition) is 1. The molecule has 0 bridgehead atoms. The fourth-order valence-corrected chi connectivity index (χ4v) is 2.74. The zero-order valence-corrected chi connectivity index (χ0v) is 10.8. The number of carbonyl (C=O) groups is 1. The number of anilines is 1. The molecule has 2 aromatic rings.